The Bertz CT molecular complexity index is 1690. The second-order valence-electron chi connectivity index (χ2n) is 9.84. The van der Waals surface area contributed by atoms with Crippen LogP contribution >= 0.6 is 0 Å². The van der Waals surface area contributed by atoms with E-state index in [-0.39, 0.29) is 34.9 Å². The zero-order valence-corrected chi connectivity index (χ0v) is 20.4. The molecule has 38 heavy (non-hydrogen) atoms. The van der Waals surface area contributed by atoms with Crippen LogP contribution in [0.1, 0.15) is 17.5 Å². The second-order valence-corrected chi connectivity index (χ2v) is 9.84. The van der Waals surface area contributed by atoms with Crippen LogP contribution in [-0.4, -0.2) is 44.4 Å². The molecule has 2 aromatic heterocycles. The number of nitrogens with zero attached hydrogens (tertiary/aromatic N) is 5. The molecule has 4 heterocycles. The lowest BCUT2D eigenvalue weighted by molar-refractivity contribution is 0.562. The Morgan fingerprint density at radius 3 is 2.21 bits per heavy atom. The van der Waals surface area contributed by atoms with E-state index in [4.69, 9.17) is 0 Å². The number of aryl methyl sites for hydroxylation is 1. The number of halogens is 4. The first kappa shape index (κ1) is 24.4. The Hall–Kier alpha value is -3.93. The fourth-order valence-electron chi connectivity index (χ4n) is 5.64. The summed E-state index contributed by atoms with van der Waals surface area (Å²) in [4.78, 5) is 33.7. The van der Waals surface area contributed by atoms with Crippen molar-refractivity contribution in [1.29, 1.82) is 0 Å². The van der Waals surface area contributed by atoms with E-state index >= 15 is 0 Å². The average Bonchev–Trinajstić information content (AvgIpc) is 3.60. The van der Waals surface area contributed by atoms with Gasteiger partial charge in [0.1, 0.15) is 23.3 Å². The van der Waals surface area contributed by atoms with Gasteiger partial charge in [-0.2, -0.15) is 4.98 Å². The van der Waals surface area contributed by atoms with Gasteiger partial charge in [-0.1, -0.05) is 0 Å². The first-order valence-corrected chi connectivity index (χ1v) is 12.3. The molecule has 0 amide bonds. The van der Waals surface area contributed by atoms with Gasteiger partial charge in [0.05, 0.1) is 13.1 Å². The van der Waals surface area contributed by atoms with Gasteiger partial charge in [0, 0.05) is 43.9 Å². The van der Waals surface area contributed by atoms with Gasteiger partial charge in [-0.15, -0.1) is 0 Å². The third kappa shape index (κ3) is 3.90. The normalized spacial score (nSPS) is 19.0. The second kappa shape index (κ2) is 9.12. The van der Waals surface area contributed by atoms with Gasteiger partial charge in [-0.25, -0.2) is 22.4 Å². The lowest BCUT2D eigenvalue weighted by atomic mass is 10.1. The zero-order valence-electron chi connectivity index (χ0n) is 20.4. The summed E-state index contributed by atoms with van der Waals surface area (Å²) >= 11 is 0. The standard InChI is InChI=1S/C26H24F4N6O2/c1-33-23-22(24(37)36(26(33)38)13-16-9-18(28)3-5-20(16)30)35(12-15-8-17(27)2-4-19(15)29)25(32-23)34-7-6-14-10-31-11-21(14)34/h2-5,8-9,14,21,31H,6-7,10-13H2,1H3. The van der Waals surface area contributed by atoms with Crippen molar-refractivity contribution in [2.75, 3.05) is 24.5 Å². The summed E-state index contributed by atoms with van der Waals surface area (Å²) in [5.74, 6) is -2.05. The first-order valence-electron chi connectivity index (χ1n) is 12.3. The molecule has 0 saturated carbocycles. The fourth-order valence-corrected chi connectivity index (χ4v) is 5.64. The molecule has 2 aliphatic rings. The van der Waals surface area contributed by atoms with Crippen molar-refractivity contribution in [2.45, 2.75) is 25.6 Å². The number of nitrogens with one attached hydrogen (secondary N) is 1. The molecule has 2 fully saturated rings. The fraction of sp³-hybridized carbons (Fsp3) is 0.346. The number of rotatable bonds is 5. The molecule has 2 unspecified atom stereocenters. The van der Waals surface area contributed by atoms with Gasteiger partial charge < -0.3 is 10.2 Å². The molecule has 0 radical (unpaired) electrons. The van der Waals surface area contributed by atoms with Gasteiger partial charge in [0.2, 0.25) is 5.95 Å². The summed E-state index contributed by atoms with van der Waals surface area (Å²) in [6, 6.07) is 5.95. The van der Waals surface area contributed by atoms with E-state index in [1.807, 2.05) is 4.90 Å². The van der Waals surface area contributed by atoms with Crippen molar-refractivity contribution in [2.24, 2.45) is 13.0 Å². The minimum absolute atomic E-state index is 0.00169. The highest BCUT2D eigenvalue weighted by Gasteiger charge is 2.40. The first-order chi connectivity index (χ1) is 18.2. The van der Waals surface area contributed by atoms with Crippen LogP contribution in [0.15, 0.2) is 46.0 Å². The maximum atomic E-state index is 14.7. The van der Waals surface area contributed by atoms with Crippen LogP contribution < -0.4 is 21.5 Å². The smallest absolute Gasteiger partial charge is 0.332 e. The predicted octanol–water partition coefficient (Wildman–Crippen LogP) is 2.35. The lowest BCUT2D eigenvalue weighted by Crippen LogP contribution is -2.40. The number of benzene rings is 2. The predicted molar refractivity (Wildman–Crippen MR) is 132 cm³/mol. The van der Waals surface area contributed by atoms with Gasteiger partial charge in [-0.3, -0.25) is 18.5 Å². The van der Waals surface area contributed by atoms with Crippen LogP contribution in [0.5, 0.6) is 0 Å². The third-order valence-electron chi connectivity index (χ3n) is 7.59. The molecular formula is C26H24F4N6O2. The molecule has 2 aliphatic heterocycles. The molecule has 8 nitrogen and oxygen atoms in total. The van der Waals surface area contributed by atoms with Gasteiger partial charge in [0.15, 0.2) is 11.2 Å². The van der Waals surface area contributed by atoms with Crippen LogP contribution in [0.2, 0.25) is 0 Å². The van der Waals surface area contributed by atoms with Crippen molar-refractivity contribution >= 4 is 17.1 Å². The van der Waals surface area contributed by atoms with E-state index in [9.17, 15) is 27.2 Å². The van der Waals surface area contributed by atoms with Crippen LogP contribution in [0.4, 0.5) is 23.5 Å². The van der Waals surface area contributed by atoms with Crippen LogP contribution in [0.25, 0.3) is 11.2 Å². The van der Waals surface area contributed by atoms with Crippen molar-refractivity contribution in [1.82, 2.24) is 24.0 Å². The molecule has 2 aromatic carbocycles. The largest absolute Gasteiger partial charge is 0.338 e. The maximum Gasteiger partial charge on any atom is 0.332 e. The molecule has 0 bridgehead atoms. The summed E-state index contributed by atoms with van der Waals surface area (Å²) in [6.45, 7) is 1.44. The Morgan fingerprint density at radius 1 is 0.921 bits per heavy atom. The van der Waals surface area contributed by atoms with Crippen molar-refractivity contribution < 1.29 is 17.6 Å². The molecule has 198 valence electrons. The average molecular weight is 529 g/mol. The minimum atomic E-state index is -0.789. The van der Waals surface area contributed by atoms with Crippen molar-refractivity contribution in [3.05, 3.63) is 91.6 Å². The van der Waals surface area contributed by atoms with E-state index in [0.717, 1.165) is 58.5 Å². The van der Waals surface area contributed by atoms with E-state index < -0.39 is 41.1 Å². The van der Waals surface area contributed by atoms with Crippen molar-refractivity contribution in [3.8, 4) is 0 Å². The molecule has 0 spiro atoms. The van der Waals surface area contributed by atoms with Gasteiger partial charge in [0.25, 0.3) is 5.56 Å². The summed E-state index contributed by atoms with van der Waals surface area (Å²) in [5.41, 5.74) is -1.68. The summed E-state index contributed by atoms with van der Waals surface area (Å²) in [7, 11) is 1.43. The van der Waals surface area contributed by atoms with Gasteiger partial charge in [-0.05, 0) is 48.7 Å². The number of hydrogen-bond acceptors (Lipinski definition) is 5. The lowest BCUT2D eigenvalue weighted by Gasteiger charge is -2.25. The van der Waals surface area contributed by atoms with Crippen molar-refractivity contribution in [3.63, 3.8) is 0 Å². The molecule has 12 heteroatoms. The summed E-state index contributed by atoms with van der Waals surface area (Å²) in [5, 5.41) is 3.35. The van der Waals surface area contributed by atoms with E-state index in [0.29, 0.717) is 25.0 Å². The molecule has 0 aliphatic carbocycles. The highest BCUT2D eigenvalue weighted by molar-refractivity contribution is 5.75. The highest BCUT2D eigenvalue weighted by atomic mass is 19.1. The number of anilines is 1. The summed E-state index contributed by atoms with van der Waals surface area (Å²) < 4.78 is 60.5. The topological polar surface area (TPSA) is 77.1 Å². The van der Waals surface area contributed by atoms with Crippen LogP contribution in [0.3, 0.4) is 0 Å². The minimum Gasteiger partial charge on any atom is -0.338 e. The Labute approximate surface area is 213 Å². The van der Waals surface area contributed by atoms with E-state index in [1.165, 1.54) is 11.6 Å². The van der Waals surface area contributed by atoms with E-state index in [1.54, 1.807) is 0 Å². The maximum absolute atomic E-state index is 14.7. The molecule has 1 N–H and O–H groups in total. The molecule has 4 aromatic rings. The van der Waals surface area contributed by atoms with Gasteiger partial charge >= 0.3 is 5.69 Å². The van der Waals surface area contributed by atoms with Crippen LogP contribution in [0, 0.1) is 29.2 Å². The van der Waals surface area contributed by atoms with Crippen LogP contribution in [-0.2, 0) is 20.1 Å². The quantitative estimate of drug-likeness (QED) is 0.403. The molecule has 2 saturated heterocycles. The molecule has 6 rings (SSSR count). The Balaban J connectivity index is 1.58. The monoisotopic (exact) mass is 528 g/mol. The zero-order chi connectivity index (χ0) is 26.7. The number of fused-ring (bicyclic) bond motifs is 2. The SMILES string of the molecule is Cn1c(=O)n(Cc2cc(F)ccc2F)c(=O)c2c1nc(N1CCC3CNCC31)n2Cc1cc(F)ccc1F. The number of hydrogen-bond donors (Lipinski definition) is 1. The third-order valence-corrected chi connectivity index (χ3v) is 7.59. The summed E-state index contributed by atoms with van der Waals surface area (Å²) in [6.07, 6.45) is 0.886. The highest BCUT2D eigenvalue weighted by Crippen LogP contribution is 2.33. The Kier molecular flexibility index (Phi) is 5.86. The number of imidazole rings is 1. The van der Waals surface area contributed by atoms with E-state index in [2.05, 4.69) is 10.3 Å². The number of aromatic nitrogens is 4. The Morgan fingerprint density at radius 2 is 1.55 bits per heavy atom. The molecule has 2 atom stereocenters. The molecular weight excluding hydrogens is 504 g/mol.